The van der Waals surface area contributed by atoms with Crippen molar-refractivity contribution in [3.05, 3.63) is 71.1 Å². The fraction of sp³-hybridized carbons (Fsp3) is 0.143. The Bertz CT molecular complexity index is 941. The number of aromatic nitrogens is 1. The molecule has 2 aromatic carbocycles. The summed E-state index contributed by atoms with van der Waals surface area (Å²) < 4.78 is 5.14. The topological polar surface area (TPSA) is 77.2 Å². The van der Waals surface area contributed by atoms with Crippen LogP contribution in [0.2, 0.25) is 0 Å². The van der Waals surface area contributed by atoms with Crippen molar-refractivity contribution in [2.24, 2.45) is 0 Å². The van der Waals surface area contributed by atoms with Crippen molar-refractivity contribution in [2.75, 3.05) is 12.3 Å². The molecule has 3 N–H and O–H groups in total. The fourth-order valence-corrected chi connectivity index (χ4v) is 2.88. The van der Waals surface area contributed by atoms with E-state index in [1.54, 1.807) is 0 Å². The lowest BCUT2D eigenvalue weighted by atomic mass is 10.1. The van der Waals surface area contributed by atoms with Gasteiger partial charge in [-0.1, -0.05) is 54.3 Å². The van der Waals surface area contributed by atoms with Crippen LogP contribution in [0.1, 0.15) is 17.5 Å². The number of hydrogen-bond acceptors (Lipinski definition) is 5. The highest BCUT2D eigenvalue weighted by molar-refractivity contribution is 7.13. The summed E-state index contributed by atoms with van der Waals surface area (Å²) in [5, 5.41) is 5.18. The van der Waals surface area contributed by atoms with Gasteiger partial charge in [0.05, 0.1) is 5.69 Å². The molecule has 0 unspecified atom stereocenters. The van der Waals surface area contributed by atoms with Gasteiger partial charge in [0.1, 0.15) is 6.61 Å². The Labute approximate surface area is 162 Å². The smallest absolute Gasteiger partial charge is 0.407 e. The van der Waals surface area contributed by atoms with Gasteiger partial charge in [0.25, 0.3) is 0 Å². The Morgan fingerprint density at radius 2 is 1.93 bits per heavy atom. The van der Waals surface area contributed by atoms with Crippen LogP contribution in [0.15, 0.2) is 60.0 Å². The maximum atomic E-state index is 11.6. The van der Waals surface area contributed by atoms with E-state index in [0.29, 0.717) is 18.1 Å². The molecular weight excluding hydrogens is 358 g/mol. The van der Waals surface area contributed by atoms with Crippen LogP contribution in [0.4, 0.5) is 9.93 Å². The van der Waals surface area contributed by atoms with E-state index in [1.807, 2.05) is 60.0 Å². The number of hydrogen-bond donors (Lipinski definition) is 2. The number of carbonyl (C=O) groups is 1. The molecule has 0 atom stereocenters. The second kappa shape index (κ2) is 9.41. The van der Waals surface area contributed by atoms with Gasteiger partial charge < -0.3 is 15.8 Å². The Morgan fingerprint density at radius 1 is 1.15 bits per heavy atom. The molecular formula is C21H19N3O2S. The molecule has 27 heavy (non-hydrogen) atoms. The van der Waals surface area contributed by atoms with Crippen LogP contribution >= 0.6 is 11.3 Å². The van der Waals surface area contributed by atoms with Crippen molar-refractivity contribution >= 4 is 22.6 Å². The molecule has 0 bridgehead atoms. The van der Waals surface area contributed by atoms with Crippen LogP contribution < -0.4 is 11.1 Å². The molecule has 1 amide bonds. The van der Waals surface area contributed by atoms with Crippen LogP contribution in [-0.2, 0) is 11.3 Å². The molecule has 5 nitrogen and oxygen atoms in total. The molecule has 1 aromatic heterocycles. The number of nitrogens with one attached hydrogen (secondary N) is 1. The van der Waals surface area contributed by atoms with Crippen molar-refractivity contribution in [2.45, 2.75) is 13.0 Å². The predicted molar refractivity (Wildman–Crippen MR) is 108 cm³/mol. The first-order chi connectivity index (χ1) is 13.2. The Kier molecular flexibility index (Phi) is 6.45. The van der Waals surface area contributed by atoms with Gasteiger partial charge in [-0.25, -0.2) is 9.78 Å². The molecule has 0 saturated carbocycles. The van der Waals surface area contributed by atoms with E-state index >= 15 is 0 Å². The highest BCUT2D eigenvalue weighted by Crippen LogP contribution is 2.23. The number of amides is 1. The zero-order valence-electron chi connectivity index (χ0n) is 14.6. The van der Waals surface area contributed by atoms with Crippen LogP contribution in [-0.4, -0.2) is 17.6 Å². The molecule has 0 fully saturated rings. The Morgan fingerprint density at radius 3 is 2.63 bits per heavy atom. The molecule has 0 aliphatic carbocycles. The third kappa shape index (κ3) is 5.87. The van der Waals surface area contributed by atoms with Gasteiger partial charge in [0, 0.05) is 29.5 Å². The number of alkyl carbamates (subject to hydrolysis) is 1. The summed E-state index contributed by atoms with van der Waals surface area (Å²) in [6.07, 6.45) is 0.109. The van der Waals surface area contributed by atoms with Gasteiger partial charge in [0.2, 0.25) is 0 Å². The minimum Gasteiger partial charge on any atom is -0.445 e. The predicted octanol–water partition coefficient (Wildman–Crippen LogP) is 4.06. The number of thiazole rings is 1. The average Bonchev–Trinajstić information content (AvgIpc) is 3.14. The second-order valence-electron chi connectivity index (χ2n) is 5.69. The van der Waals surface area contributed by atoms with E-state index in [2.05, 4.69) is 22.1 Å². The third-order valence-electron chi connectivity index (χ3n) is 3.67. The standard InChI is InChI=1S/C21H19N3O2S/c22-20-24-19(15-27-20)18-11-9-16(10-12-18)6-4-5-13-23-21(25)26-14-17-7-2-1-3-8-17/h1-3,7-12,15H,5,13-14H2,(H2,22,24)(H,23,25). The number of nitrogen functional groups attached to an aromatic ring is 1. The van der Waals surface area contributed by atoms with Crippen molar-refractivity contribution in [1.82, 2.24) is 10.3 Å². The fourth-order valence-electron chi connectivity index (χ4n) is 2.31. The quantitative estimate of drug-likeness (QED) is 0.519. The maximum Gasteiger partial charge on any atom is 0.407 e. The van der Waals surface area contributed by atoms with Gasteiger partial charge >= 0.3 is 6.09 Å². The van der Waals surface area contributed by atoms with Crippen LogP contribution in [0.25, 0.3) is 11.3 Å². The lowest BCUT2D eigenvalue weighted by Gasteiger charge is -2.05. The van der Waals surface area contributed by atoms with Crippen molar-refractivity contribution in [3.8, 4) is 23.1 Å². The van der Waals surface area contributed by atoms with E-state index in [9.17, 15) is 4.79 Å². The molecule has 0 aliphatic rings. The first kappa shape index (κ1) is 18.5. The van der Waals surface area contributed by atoms with E-state index in [0.717, 1.165) is 22.4 Å². The summed E-state index contributed by atoms with van der Waals surface area (Å²) in [5.41, 5.74) is 9.40. The summed E-state index contributed by atoms with van der Waals surface area (Å²) in [6.45, 7) is 0.701. The highest BCUT2D eigenvalue weighted by Gasteiger charge is 2.02. The molecule has 0 spiro atoms. The van der Waals surface area contributed by atoms with Gasteiger partial charge in [0.15, 0.2) is 5.13 Å². The largest absolute Gasteiger partial charge is 0.445 e. The van der Waals surface area contributed by atoms with Crippen molar-refractivity contribution in [3.63, 3.8) is 0 Å². The summed E-state index contributed by atoms with van der Waals surface area (Å²) in [7, 11) is 0. The SMILES string of the molecule is Nc1nc(-c2ccc(C#CCCNC(=O)OCc3ccccc3)cc2)cs1. The number of anilines is 1. The lowest BCUT2D eigenvalue weighted by molar-refractivity contribution is 0.140. The van der Waals surface area contributed by atoms with Gasteiger partial charge in [-0.2, -0.15) is 0 Å². The molecule has 3 rings (SSSR count). The number of nitrogens with two attached hydrogens (primary N) is 1. The third-order valence-corrected chi connectivity index (χ3v) is 4.34. The van der Waals surface area contributed by atoms with E-state index in [-0.39, 0.29) is 6.61 Å². The number of rotatable bonds is 5. The van der Waals surface area contributed by atoms with Crippen LogP contribution in [0.3, 0.4) is 0 Å². The molecule has 1 heterocycles. The van der Waals surface area contributed by atoms with Gasteiger partial charge in [-0.3, -0.25) is 0 Å². The van der Waals surface area contributed by atoms with E-state index < -0.39 is 6.09 Å². The van der Waals surface area contributed by atoms with Crippen LogP contribution in [0, 0.1) is 11.8 Å². The summed E-state index contributed by atoms with van der Waals surface area (Å²) in [4.78, 5) is 15.9. The zero-order valence-corrected chi connectivity index (χ0v) is 15.5. The number of benzene rings is 2. The molecule has 0 radical (unpaired) electrons. The molecule has 3 aromatic rings. The highest BCUT2D eigenvalue weighted by atomic mass is 32.1. The minimum atomic E-state index is -0.437. The average molecular weight is 377 g/mol. The van der Waals surface area contributed by atoms with E-state index in [4.69, 9.17) is 10.5 Å². The zero-order chi connectivity index (χ0) is 18.9. The normalized spacial score (nSPS) is 9.93. The second-order valence-corrected chi connectivity index (χ2v) is 6.58. The number of carbonyl (C=O) groups excluding carboxylic acids is 1. The van der Waals surface area contributed by atoms with Crippen LogP contribution in [0.5, 0.6) is 0 Å². The maximum absolute atomic E-state index is 11.6. The lowest BCUT2D eigenvalue weighted by Crippen LogP contribution is -2.24. The number of nitrogens with zero attached hydrogens (tertiary/aromatic N) is 1. The van der Waals surface area contributed by atoms with E-state index in [1.165, 1.54) is 11.3 Å². The monoisotopic (exact) mass is 377 g/mol. The van der Waals surface area contributed by atoms with Gasteiger partial charge in [-0.15, -0.1) is 11.3 Å². The summed E-state index contributed by atoms with van der Waals surface area (Å²) >= 11 is 1.42. The summed E-state index contributed by atoms with van der Waals surface area (Å²) in [6, 6.07) is 17.4. The minimum absolute atomic E-state index is 0.259. The van der Waals surface area contributed by atoms with Crippen molar-refractivity contribution in [1.29, 1.82) is 0 Å². The Balaban J connectivity index is 1.39. The Hall–Kier alpha value is -3.30. The molecule has 0 saturated heterocycles. The number of ether oxygens (including phenoxy) is 1. The van der Waals surface area contributed by atoms with Crippen molar-refractivity contribution < 1.29 is 9.53 Å². The first-order valence-corrected chi connectivity index (χ1v) is 9.33. The molecule has 0 aliphatic heterocycles. The molecule has 6 heteroatoms. The summed E-state index contributed by atoms with van der Waals surface area (Å²) in [5.74, 6) is 6.12. The first-order valence-electron chi connectivity index (χ1n) is 8.45. The van der Waals surface area contributed by atoms with Gasteiger partial charge in [-0.05, 0) is 17.7 Å². The molecule has 136 valence electrons.